The van der Waals surface area contributed by atoms with Gasteiger partial charge in [0.2, 0.25) is 0 Å². The second-order valence-electron chi connectivity index (χ2n) is 15.9. The van der Waals surface area contributed by atoms with E-state index in [0.717, 1.165) is 57.8 Å². The molecular weight excluding hydrogens is 436 g/mol. The van der Waals surface area contributed by atoms with Gasteiger partial charge in [-0.05, 0) is 109 Å². The van der Waals surface area contributed by atoms with Crippen LogP contribution < -0.4 is 0 Å². The van der Waals surface area contributed by atoms with Gasteiger partial charge in [-0.3, -0.25) is 9.59 Å². The van der Waals surface area contributed by atoms with E-state index in [-0.39, 0.29) is 56.9 Å². The number of aliphatic hydroxyl groups is 1. The van der Waals surface area contributed by atoms with Gasteiger partial charge in [0.1, 0.15) is 5.78 Å². The molecule has 0 aromatic rings. The van der Waals surface area contributed by atoms with Crippen molar-refractivity contribution >= 4 is 11.8 Å². The average molecular weight is 487 g/mol. The third-order valence-electron chi connectivity index (χ3n) is 13.7. The van der Waals surface area contributed by atoms with Gasteiger partial charge in [-0.1, -0.05) is 48.5 Å². The standard InChI is InChI=1S/C31H50O4/c1-26(2)12-14-31(18-24(34)35)15-13-30(7)25(19(31)17-26)20(32)16-22-28(5)10-9-23(33)27(3,4)21(28)8-11-29(22,30)6/h19-22,25,32H,8-18H2,1-7H3,(H,34,35)/t19?,20-,21+,22-,25?,28+,29-,30-,31-/m1/s1. The molecule has 0 spiro atoms. The molecule has 0 aliphatic heterocycles. The van der Waals surface area contributed by atoms with Gasteiger partial charge < -0.3 is 10.2 Å². The van der Waals surface area contributed by atoms with Gasteiger partial charge >= 0.3 is 5.97 Å². The molecular formula is C31H50O4. The number of hydrogen-bond donors (Lipinski definition) is 2. The fourth-order valence-electron chi connectivity index (χ4n) is 11.5. The Bertz CT molecular complexity index is 921. The summed E-state index contributed by atoms with van der Waals surface area (Å²) in [5.74, 6) is 0.962. The van der Waals surface area contributed by atoms with Crippen LogP contribution in [0.1, 0.15) is 119 Å². The van der Waals surface area contributed by atoms with Crippen LogP contribution in [0.3, 0.4) is 0 Å². The second-order valence-corrected chi connectivity index (χ2v) is 15.9. The highest BCUT2D eigenvalue weighted by molar-refractivity contribution is 5.85. The fraction of sp³-hybridized carbons (Fsp3) is 0.935. The van der Waals surface area contributed by atoms with Crippen LogP contribution >= 0.6 is 0 Å². The normalized spacial score (nSPS) is 52.5. The lowest BCUT2D eigenvalue weighted by Gasteiger charge is -2.74. The molecule has 5 aliphatic rings. The van der Waals surface area contributed by atoms with Gasteiger partial charge in [-0.25, -0.2) is 0 Å². The summed E-state index contributed by atoms with van der Waals surface area (Å²) in [7, 11) is 0. The Balaban J connectivity index is 1.58. The van der Waals surface area contributed by atoms with Gasteiger partial charge in [0, 0.05) is 11.8 Å². The lowest BCUT2D eigenvalue weighted by Crippen LogP contribution is -2.69. The third-order valence-corrected chi connectivity index (χ3v) is 13.7. The molecule has 0 radical (unpaired) electrons. The largest absolute Gasteiger partial charge is 0.481 e. The van der Waals surface area contributed by atoms with Crippen molar-refractivity contribution < 1.29 is 19.8 Å². The summed E-state index contributed by atoms with van der Waals surface area (Å²) in [5.41, 5.74) is -0.0884. The van der Waals surface area contributed by atoms with Gasteiger partial charge in [0.05, 0.1) is 12.5 Å². The number of fused-ring (bicyclic) bond motifs is 7. The predicted molar refractivity (Wildman–Crippen MR) is 138 cm³/mol. The maximum absolute atomic E-state index is 13.0. The maximum Gasteiger partial charge on any atom is 0.303 e. The molecule has 2 N–H and O–H groups in total. The highest BCUT2D eigenvalue weighted by atomic mass is 16.4. The van der Waals surface area contributed by atoms with Crippen LogP contribution in [0.4, 0.5) is 0 Å². The second kappa shape index (κ2) is 7.58. The summed E-state index contributed by atoms with van der Waals surface area (Å²) >= 11 is 0. The summed E-state index contributed by atoms with van der Waals surface area (Å²) in [6.45, 7) is 16.5. The van der Waals surface area contributed by atoms with Crippen LogP contribution in [0.2, 0.25) is 0 Å². The molecule has 0 bridgehead atoms. The topological polar surface area (TPSA) is 74.6 Å². The number of carbonyl (C=O) groups is 2. The molecule has 5 aliphatic carbocycles. The number of Topliss-reactive ketones (excluding diaryl/α,β-unsaturated/α-hetero) is 1. The van der Waals surface area contributed by atoms with E-state index in [1.807, 2.05) is 0 Å². The van der Waals surface area contributed by atoms with Gasteiger partial charge in [0.15, 0.2) is 0 Å². The van der Waals surface area contributed by atoms with Crippen LogP contribution in [-0.4, -0.2) is 28.1 Å². The van der Waals surface area contributed by atoms with E-state index in [9.17, 15) is 19.8 Å². The number of ketones is 1. The van der Waals surface area contributed by atoms with Crippen molar-refractivity contribution in [2.45, 2.75) is 125 Å². The summed E-state index contributed by atoms with van der Waals surface area (Å²) in [4.78, 5) is 25.0. The Morgan fingerprint density at radius 2 is 1.54 bits per heavy atom. The molecule has 9 atom stereocenters. The Hall–Kier alpha value is -0.900. The lowest BCUT2D eigenvalue weighted by atomic mass is 9.31. The minimum atomic E-state index is -0.671. The molecule has 198 valence electrons. The molecule has 5 saturated carbocycles. The zero-order valence-electron chi connectivity index (χ0n) is 23.4. The Morgan fingerprint density at radius 3 is 2.20 bits per heavy atom. The molecule has 0 saturated heterocycles. The first-order chi connectivity index (χ1) is 16.0. The van der Waals surface area contributed by atoms with Crippen molar-refractivity contribution in [2.24, 2.45) is 56.2 Å². The Labute approximate surface area is 213 Å². The van der Waals surface area contributed by atoms with E-state index in [0.29, 0.717) is 24.0 Å². The van der Waals surface area contributed by atoms with E-state index in [2.05, 4.69) is 48.5 Å². The minimum Gasteiger partial charge on any atom is -0.481 e. The lowest BCUT2D eigenvalue weighted by molar-refractivity contribution is -0.270. The van der Waals surface area contributed by atoms with Crippen molar-refractivity contribution in [1.82, 2.24) is 0 Å². The average Bonchev–Trinajstić information content (AvgIpc) is 2.73. The van der Waals surface area contributed by atoms with Crippen LogP contribution in [0.5, 0.6) is 0 Å². The quantitative estimate of drug-likeness (QED) is 0.446. The molecule has 4 heteroatoms. The van der Waals surface area contributed by atoms with E-state index >= 15 is 0 Å². The van der Waals surface area contributed by atoms with Gasteiger partial charge in [-0.15, -0.1) is 0 Å². The molecule has 4 nitrogen and oxygen atoms in total. The first-order valence-electron chi connectivity index (χ1n) is 14.5. The maximum atomic E-state index is 13.0. The highest BCUT2D eigenvalue weighted by Crippen LogP contribution is 2.77. The zero-order chi connectivity index (χ0) is 25.8. The van der Waals surface area contributed by atoms with Crippen LogP contribution in [0, 0.1) is 56.2 Å². The van der Waals surface area contributed by atoms with E-state index in [1.54, 1.807) is 0 Å². The molecule has 0 heterocycles. The number of aliphatic hydroxyl groups excluding tert-OH is 1. The summed E-state index contributed by atoms with van der Waals surface area (Å²) in [5, 5.41) is 22.0. The fourth-order valence-corrected chi connectivity index (χ4v) is 11.5. The first kappa shape index (κ1) is 25.7. The summed E-state index contributed by atoms with van der Waals surface area (Å²) in [6, 6.07) is 0. The predicted octanol–water partition coefficient (Wildman–Crippen LogP) is 6.88. The number of aliphatic carboxylic acids is 1. The molecule has 0 aromatic heterocycles. The monoisotopic (exact) mass is 486 g/mol. The zero-order valence-corrected chi connectivity index (χ0v) is 23.4. The number of carboxylic acid groups (broad SMARTS) is 1. The smallest absolute Gasteiger partial charge is 0.303 e. The van der Waals surface area contributed by atoms with Crippen LogP contribution in [0.25, 0.3) is 0 Å². The highest BCUT2D eigenvalue weighted by Gasteiger charge is 2.72. The molecule has 0 aromatic carbocycles. The van der Waals surface area contributed by atoms with E-state index in [1.165, 1.54) is 0 Å². The first-order valence-corrected chi connectivity index (χ1v) is 14.5. The van der Waals surface area contributed by atoms with Gasteiger partial charge in [0.25, 0.3) is 0 Å². The van der Waals surface area contributed by atoms with Crippen molar-refractivity contribution in [1.29, 1.82) is 0 Å². The Kier molecular flexibility index (Phi) is 5.57. The number of hydrogen-bond acceptors (Lipinski definition) is 3. The van der Waals surface area contributed by atoms with E-state index < -0.39 is 5.97 Å². The summed E-state index contributed by atoms with van der Waals surface area (Å²) < 4.78 is 0. The SMILES string of the molecule is CC1(C)CC[C@]2(CC(=O)O)CC[C@]3(C)C(C2C1)[C@H](O)C[C@@H]1[C@@]2(C)CCC(=O)C(C)(C)[C@@H]2CC[C@]13C. The third kappa shape index (κ3) is 3.33. The minimum absolute atomic E-state index is 0.00496. The molecule has 35 heavy (non-hydrogen) atoms. The number of rotatable bonds is 2. The molecule has 2 unspecified atom stereocenters. The van der Waals surface area contributed by atoms with Crippen molar-refractivity contribution in [3.8, 4) is 0 Å². The number of carboxylic acids is 1. The van der Waals surface area contributed by atoms with Crippen molar-refractivity contribution in [3.05, 3.63) is 0 Å². The van der Waals surface area contributed by atoms with E-state index in [4.69, 9.17) is 0 Å². The number of carbonyl (C=O) groups excluding carboxylic acids is 1. The summed E-state index contributed by atoms with van der Waals surface area (Å²) in [6.07, 6.45) is 9.60. The van der Waals surface area contributed by atoms with Crippen molar-refractivity contribution in [2.75, 3.05) is 0 Å². The van der Waals surface area contributed by atoms with Crippen LogP contribution in [-0.2, 0) is 9.59 Å². The Morgan fingerprint density at radius 1 is 0.886 bits per heavy atom. The van der Waals surface area contributed by atoms with Crippen LogP contribution in [0.15, 0.2) is 0 Å². The molecule has 0 amide bonds. The molecule has 5 rings (SSSR count). The molecule has 5 fully saturated rings. The van der Waals surface area contributed by atoms with Gasteiger partial charge in [-0.2, -0.15) is 0 Å². The van der Waals surface area contributed by atoms with Crippen molar-refractivity contribution in [3.63, 3.8) is 0 Å².